The van der Waals surface area contributed by atoms with Gasteiger partial charge in [0.1, 0.15) is 11.6 Å². The first kappa shape index (κ1) is 24.2. The zero-order valence-corrected chi connectivity index (χ0v) is 20.7. The Bertz CT molecular complexity index is 916. The summed E-state index contributed by atoms with van der Waals surface area (Å²) in [4.78, 5) is 26.6. The maximum Gasteiger partial charge on any atom is 0.222 e. The molecule has 5 heteroatoms. The van der Waals surface area contributed by atoms with Crippen LogP contribution in [0.15, 0.2) is 18.2 Å². The van der Waals surface area contributed by atoms with Crippen LogP contribution in [0.3, 0.4) is 0 Å². The lowest BCUT2D eigenvalue weighted by molar-refractivity contribution is -0.131. The topological polar surface area (TPSA) is 49.3 Å². The highest BCUT2D eigenvalue weighted by atomic mass is 16.2. The molecule has 5 nitrogen and oxygen atoms in total. The second kappa shape index (κ2) is 11.4. The Balaban J connectivity index is 1.67. The number of carbonyl (C=O) groups is 1. The van der Waals surface area contributed by atoms with Gasteiger partial charge in [0.15, 0.2) is 0 Å². The Hall–Kier alpha value is -2.43. The molecule has 0 atom stereocenters. The van der Waals surface area contributed by atoms with E-state index < -0.39 is 0 Å². The normalized spacial score (nSPS) is 14.2. The van der Waals surface area contributed by atoms with Crippen LogP contribution in [0.2, 0.25) is 0 Å². The average molecular weight is 437 g/mol. The van der Waals surface area contributed by atoms with Gasteiger partial charge < -0.3 is 9.80 Å². The number of nitrogens with zero attached hydrogens (tertiary/aromatic N) is 4. The van der Waals surface area contributed by atoms with E-state index in [-0.39, 0.29) is 0 Å². The van der Waals surface area contributed by atoms with Gasteiger partial charge in [-0.1, -0.05) is 56.4 Å². The van der Waals surface area contributed by atoms with Crippen molar-refractivity contribution in [1.29, 1.82) is 0 Å². The average Bonchev–Trinajstić information content (AvgIpc) is 2.77. The van der Waals surface area contributed by atoms with E-state index in [1.807, 2.05) is 11.8 Å². The van der Waals surface area contributed by atoms with Gasteiger partial charge in [0.25, 0.3) is 0 Å². The number of aryl methyl sites for hydroxylation is 4. The van der Waals surface area contributed by atoms with E-state index in [2.05, 4.69) is 55.8 Å². The van der Waals surface area contributed by atoms with Gasteiger partial charge in [-0.05, 0) is 45.2 Å². The highest BCUT2D eigenvalue weighted by molar-refractivity contribution is 5.76. The van der Waals surface area contributed by atoms with Gasteiger partial charge in [-0.25, -0.2) is 9.97 Å². The van der Waals surface area contributed by atoms with Crippen LogP contribution in [0.25, 0.3) is 0 Å². The maximum atomic E-state index is 12.6. The third-order valence-corrected chi connectivity index (χ3v) is 6.60. The summed E-state index contributed by atoms with van der Waals surface area (Å²) in [5.41, 5.74) is 6.17. The van der Waals surface area contributed by atoms with Gasteiger partial charge in [-0.3, -0.25) is 4.79 Å². The molecule has 0 bridgehead atoms. The van der Waals surface area contributed by atoms with E-state index in [1.165, 1.54) is 47.9 Å². The fourth-order valence-electron chi connectivity index (χ4n) is 4.57. The summed E-state index contributed by atoms with van der Waals surface area (Å²) in [6.07, 6.45) is 7.47. The summed E-state index contributed by atoms with van der Waals surface area (Å²) in [6, 6.07) is 6.63. The van der Waals surface area contributed by atoms with Crippen molar-refractivity contribution in [3.8, 4) is 0 Å². The molecule has 0 aliphatic carbocycles. The molecule has 174 valence electrons. The lowest BCUT2D eigenvalue weighted by Gasteiger charge is -2.36. The first-order valence-electron chi connectivity index (χ1n) is 12.3. The smallest absolute Gasteiger partial charge is 0.222 e. The van der Waals surface area contributed by atoms with E-state index in [0.717, 1.165) is 56.4 Å². The highest BCUT2D eigenvalue weighted by Gasteiger charge is 2.24. The second-order valence-corrected chi connectivity index (χ2v) is 9.30. The van der Waals surface area contributed by atoms with Crippen LogP contribution in [-0.4, -0.2) is 47.0 Å². The number of anilines is 1. The third kappa shape index (κ3) is 6.30. The summed E-state index contributed by atoms with van der Waals surface area (Å²) in [5, 5.41) is 0. The minimum atomic E-state index is 0.312. The second-order valence-electron chi connectivity index (χ2n) is 9.30. The molecular formula is C27H40N4O. The minimum absolute atomic E-state index is 0.312. The highest BCUT2D eigenvalue weighted by Crippen LogP contribution is 2.27. The van der Waals surface area contributed by atoms with Crippen molar-refractivity contribution in [2.24, 2.45) is 0 Å². The van der Waals surface area contributed by atoms with Crippen molar-refractivity contribution in [3.63, 3.8) is 0 Å². The van der Waals surface area contributed by atoms with E-state index in [9.17, 15) is 4.79 Å². The predicted octanol–water partition coefficient (Wildman–Crippen LogP) is 5.31. The number of rotatable bonds is 9. The van der Waals surface area contributed by atoms with Crippen LogP contribution in [0, 0.1) is 27.7 Å². The molecule has 0 spiro atoms. The molecule has 0 radical (unpaired) electrons. The molecule has 1 saturated heterocycles. The molecule has 0 N–H and O–H groups in total. The lowest BCUT2D eigenvalue weighted by Crippen LogP contribution is -2.49. The molecule has 1 aromatic heterocycles. The Morgan fingerprint density at radius 1 is 0.938 bits per heavy atom. The van der Waals surface area contributed by atoms with Gasteiger partial charge in [-0.15, -0.1) is 0 Å². The molecular weight excluding hydrogens is 396 g/mol. The van der Waals surface area contributed by atoms with Gasteiger partial charge >= 0.3 is 0 Å². The van der Waals surface area contributed by atoms with E-state index in [0.29, 0.717) is 12.3 Å². The van der Waals surface area contributed by atoms with E-state index >= 15 is 0 Å². The number of hydrogen-bond acceptors (Lipinski definition) is 4. The van der Waals surface area contributed by atoms with Crippen LogP contribution in [0.1, 0.15) is 79.2 Å². The zero-order chi connectivity index (χ0) is 23.1. The Kier molecular flexibility index (Phi) is 8.66. The molecule has 32 heavy (non-hydrogen) atoms. The van der Waals surface area contributed by atoms with Crippen LogP contribution < -0.4 is 4.90 Å². The quantitative estimate of drug-likeness (QED) is 0.500. The predicted molar refractivity (Wildman–Crippen MR) is 132 cm³/mol. The summed E-state index contributed by atoms with van der Waals surface area (Å²) in [7, 11) is 0. The largest absolute Gasteiger partial charge is 0.353 e. The Morgan fingerprint density at radius 3 is 2.38 bits per heavy atom. The van der Waals surface area contributed by atoms with Crippen molar-refractivity contribution < 1.29 is 4.79 Å². The van der Waals surface area contributed by atoms with E-state index in [1.54, 1.807) is 0 Å². The molecule has 1 aliphatic heterocycles. The van der Waals surface area contributed by atoms with Crippen molar-refractivity contribution in [2.45, 2.75) is 79.6 Å². The molecule has 3 rings (SSSR count). The summed E-state index contributed by atoms with van der Waals surface area (Å²) in [6.45, 7) is 13.8. The maximum absolute atomic E-state index is 12.6. The molecule has 1 aliphatic rings. The van der Waals surface area contributed by atoms with Crippen molar-refractivity contribution in [1.82, 2.24) is 14.9 Å². The van der Waals surface area contributed by atoms with Gasteiger partial charge in [0, 0.05) is 50.3 Å². The van der Waals surface area contributed by atoms with Crippen LogP contribution in [0.4, 0.5) is 5.82 Å². The fraction of sp³-hybridized carbons (Fsp3) is 0.593. The van der Waals surface area contributed by atoms with Gasteiger partial charge in [0.05, 0.1) is 0 Å². The lowest BCUT2D eigenvalue weighted by atomic mass is 9.97. The standard InChI is InChI=1S/C27H40N4O/c1-6-7-8-9-10-11-26(32)30-14-16-31(17-15-30)27-25(22(4)28-23(5)29-27)19-24-18-20(2)12-13-21(24)3/h12-13,18H,6-11,14-17,19H2,1-5H3. The summed E-state index contributed by atoms with van der Waals surface area (Å²) >= 11 is 0. The molecule has 0 unspecified atom stereocenters. The molecule has 1 fully saturated rings. The van der Waals surface area contributed by atoms with Crippen LogP contribution >= 0.6 is 0 Å². The van der Waals surface area contributed by atoms with Crippen molar-refractivity contribution in [3.05, 3.63) is 52.0 Å². The molecule has 1 amide bonds. The summed E-state index contributed by atoms with van der Waals surface area (Å²) < 4.78 is 0. The Labute approximate surface area is 194 Å². The van der Waals surface area contributed by atoms with Crippen molar-refractivity contribution >= 4 is 11.7 Å². The number of benzene rings is 1. The first-order valence-corrected chi connectivity index (χ1v) is 12.3. The van der Waals surface area contributed by atoms with Crippen molar-refractivity contribution in [2.75, 3.05) is 31.1 Å². The molecule has 1 aromatic carbocycles. The monoisotopic (exact) mass is 436 g/mol. The van der Waals surface area contributed by atoms with Gasteiger partial charge in [0.2, 0.25) is 5.91 Å². The number of hydrogen-bond donors (Lipinski definition) is 0. The molecule has 0 saturated carbocycles. The van der Waals surface area contributed by atoms with Gasteiger partial charge in [-0.2, -0.15) is 0 Å². The number of aromatic nitrogens is 2. The SMILES string of the molecule is CCCCCCCC(=O)N1CCN(c2nc(C)nc(C)c2Cc2cc(C)ccc2C)CC1. The van der Waals surface area contributed by atoms with E-state index in [4.69, 9.17) is 4.98 Å². The third-order valence-electron chi connectivity index (χ3n) is 6.60. The van der Waals surface area contributed by atoms with Crippen LogP contribution in [0.5, 0.6) is 0 Å². The fourth-order valence-corrected chi connectivity index (χ4v) is 4.57. The number of piperazine rings is 1. The number of amides is 1. The zero-order valence-electron chi connectivity index (χ0n) is 20.7. The number of unbranched alkanes of at least 4 members (excludes halogenated alkanes) is 4. The molecule has 2 heterocycles. The summed E-state index contributed by atoms with van der Waals surface area (Å²) in [5.74, 6) is 2.17. The molecule has 2 aromatic rings. The number of carbonyl (C=O) groups excluding carboxylic acids is 1. The Morgan fingerprint density at radius 2 is 1.66 bits per heavy atom. The van der Waals surface area contributed by atoms with Crippen LogP contribution in [-0.2, 0) is 11.2 Å². The minimum Gasteiger partial charge on any atom is -0.353 e. The first-order chi connectivity index (χ1) is 15.4.